The van der Waals surface area contributed by atoms with Gasteiger partial charge in [0.25, 0.3) is 5.91 Å². The summed E-state index contributed by atoms with van der Waals surface area (Å²) in [6.07, 6.45) is 1.70. The van der Waals surface area contributed by atoms with Crippen LogP contribution in [0.1, 0.15) is 42.6 Å². The number of nitrogens with one attached hydrogen (secondary N) is 2. The minimum Gasteiger partial charge on any atom is -0.399 e. The molecule has 0 aliphatic carbocycles. The molecule has 0 heterocycles. The molecule has 1 amide bonds. The first-order valence-corrected chi connectivity index (χ1v) is 10.1. The zero-order valence-electron chi connectivity index (χ0n) is 15.4. The van der Waals surface area contributed by atoms with Crippen molar-refractivity contribution < 1.29 is 13.2 Å². The number of unbranched alkanes of at least 4 members (excludes halogenated alkanes) is 1. The van der Waals surface area contributed by atoms with Crippen molar-refractivity contribution in [3.63, 3.8) is 0 Å². The summed E-state index contributed by atoms with van der Waals surface area (Å²) < 4.78 is 26.9. The van der Waals surface area contributed by atoms with Gasteiger partial charge in [-0.05, 0) is 55.3 Å². The highest BCUT2D eigenvalue weighted by atomic mass is 32.2. The molecule has 0 aromatic heterocycles. The maximum Gasteiger partial charge on any atom is 0.271 e. The fraction of sp³-hybridized carbons (Fsp3) is 0.263. The van der Waals surface area contributed by atoms with Crippen molar-refractivity contribution >= 4 is 27.3 Å². The van der Waals surface area contributed by atoms with Crippen LogP contribution in [0.2, 0.25) is 0 Å². The molecule has 2 aromatic carbocycles. The number of rotatable bonds is 8. The molecule has 0 saturated heterocycles. The van der Waals surface area contributed by atoms with E-state index in [1.807, 2.05) is 6.92 Å². The predicted octanol–water partition coefficient (Wildman–Crippen LogP) is 2.50. The molecule has 2 aromatic rings. The largest absolute Gasteiger partial charge is 0.399 e. The van der Waals surface area contributed by atoms with Crippen molar-refractivity contribution in [2.75, 3.05) is 12.3 Å². The minimum atomic E-state index is -3.51. The van der Waals surface area contributed by atoms with E-state index in [0.717, 1.165) is 12.8 Å². The van der Waals surface area contributed by atoms with Crippen LogP contribution in [0.4, 0.5) is 5.69 Å². The Labute approximate surface area is 159 Å². The Morgan fingerprint density at radius 3 is 2.22 bits per heavy atom. The average Bonchev–Trinajstić information content (AvgIpc) is 2.66. The number of nitrogens with zero attached hydrogens (tertiary/aromatic N) is 1. The third kappa shape index (κ3) is 5.90. The Bertz CT molecular complexity index is 905. The number of hydrogen-bond donors (Lipinski definition) is 3. The lowest BCUT2D eigenvalue weighted by atomic mass is 10.1. The fourth-order valence-corrected chi connectivity index (χ4v) is 3.31. The third-order valence-corrected chi connectivity index (χ3v) is 5.38. The van der Waals surface area contributed by atoms with Crippen LogP contribution in [-0.4, -0.2) is 26.6 Å². The Balaban J connectivity index is 2.04. The summed E-state index contributed by atoms with van der Waals surface area (Å²) in [6, 6.07) is 12.8. The highest BCUT2D eigenvalue weighted by Gasteiger charge is 2.13. The van der Waals surface area contributed by atoms with Crippen LogP contribution in [0.3, 0.4) is 0 Å². The summed E-state index contributed by atoms with van der Waals surface area (Å²) in [6.45, 7) is 4.14. The van der Waals surface area contributed by atoms with Gasteiger partial charge in [0.1, 0.15) is 0 Å². The number of carbonyl (C=O) groups excluding carboxylic acids is 1. The van der Waals surface area contributed by atoms with Gasteiger partial charge in [0.2, 0.25) is 10.0 Å². The van der Waals surface area contributed by atoms with Gasteiger partial charge in [-0.1, -0.05) is 25.5 Å². The van der Waals surface area contributed by atoms with Crippen molar-refractivity contribution in [3.8, 4) is 0 Å². The summed E-state index contributed by atoms with van der Waals surface area (Å²) in [7, 11) is -3.51. The molecule has 0 aliphatic heterocycles. The maximum absolute atomic E-state index is 12.2. The molecular formula is C19H24N4O3S. The molecule has 0 unspecified atom stereocenters. The van der Waals surface area contributed by atoms with Crippen molar-refractivity contribution in [2.45, 2.75) is 31.6 Å². The Kier molecular flexibility index (Phi) is 7.09. The van der Waals surface area contributed by atoms with Crippen LogP contribution in [0.5, 0.6) is 0 Å². The Hall–Kier alpha value is -2.71. The third-order valence-electron chi connectivity index (χ3n) is 3.90. The Morgan fingerprint density at radius 1 is 1.04 bits per heavy atom. The molecule has 2 rings (SSSR count). The summed E-state index contributed by atoms with van der Waals surface area (Å²) in [4.78, 5) is 12.3. The Morgan fingerprint density at radius 2 is 1.63 bits per heavy atom. The SMILES string of the molecule is CCCCNS(=O)(=O)c1ccc(C(C)=NNC(=O)c2ccc(N)cc2)cc1. The molecule has 0 fully saturated rings. The van der Waals surface area contributed by atoms with Crippen LogP contribution in [0.15, 0.2) is 58.5 Å². The zero-order chi connectivity index (χ0) is 19.9. The van der Waals surface area contributed by atoms with E-state index in [1.165, 1.54) is 12.1 Å². The lowest BCUT2D eigenvalue weighted by Crippen LogP contribution is -2.24. The summed E-state index contributed by atoms with van der Waals surface area (Å²) in [5, 5.41) is 4.07. The molecule has 7 nitrogen and oxygen atoms in total. The van der Waals surface area contributed by atoms with Gasteiger partial charge in [-0.25, -0.2) is 18.6 Å². The normalized spacial score (nSPS) is 12.0. The number of carbonyl (C=O) groups is 1. The van der Waals surface area contributed by atoms with E-state index in [2.05, 4.69) is 15.2 Å². The molecular weight excluding hydrogens is 364 g/mol. The lowest BCUT2D eigenvalue weighted by Gasteiger charge is -2.07. The highest BCUT2D eigenvalue weighted by Crippen LogP contribution is 2.11. The molecule has 0 atom stereocenters. The van der Waals surface area contributed by atoms with E-state index in [4.69, 9.17) is 5.73 Å². The van der Waals surface area contributed by atoms with Crippen molar-refractivity contribution in [2.24, 2.45) is 5.10 Å². The minimum absolute atomic E-state index is 0.195. The monoisotopic (exact) mass is 388 g/mol. The van der Waals surface area contributed by atoms with E-state index in [0.29, 0.717) is 29.1 Å². The first kappa shape index (κ1) is 20.6. The standard InChI is InChI=1S/C19H24N4O3S/c1-3-4-13-21-27(25,26)18-11-7-15(8-12-18)14(2)22-23-19(24)16-5-9-17(20)10-6-16/h5-12,21H,3-4,13,20H2,1-2H3,(H,23,24). The van der Waals surface area contributed by atoms with Gasteiger partial charge in [-0.3, -0.25) is 4.79 Å². The second-order valence-corrected chi connectivity index (χ2v) is 7.80. The zero-order valence-corrected chi connectivity index (χ0v) is 16.2. The molecule has 144 valence electrons. The summed E-state index contributed by atoms with van der Waals surface area (Å²) >= 11 is 0. The maximum atomic E-state index is 12.2. The molecule has 27 heavy (non-hydrogen) atoms. The number of sulfonamides is 1. The van der Waals surface area contributed by atoms with Crippen LogP contribution in [-0.2, 0) is 10.0 Å². The van der Waals surface area contributed by atoms with E-state index in [-0.39, 0.29) is 10.8 Å². The highest BCUT2D eigenvalue weighted by molar-refractivity contribution is 7.89. The molecule has 0 saturated carbocycles. The molecule has 0 spiro atoms. The van der Waals surface area contributed by atoms with E-state index in [9.17, 15) is 13.2 Å². The first-order valence-electron chi connectivity index (χ1n) is 8.63. The van der Waals surface area contributed by atoms with Crippen LogP contribution < -0.4 is 15.9 Å². The number of benzene rings is 2. The second-order valence-electron chi connectivity index (χ2n) is 6.04. The van der Waals surface area contributed by atoms with Crippen molar-refractivity contribution in [3.05, 3.63) is 59.7 Å². The van der Waals surface area contributed by atoms with Crippen molar-refractivity contribution in [1.82, 2.24) is 10.1 Å². The lowest BCUT2D eigenvalue weighted by molar-refractivity contribution is 0.0955. The van der Waals surface area contributed by atoms with E-state index in [1.54, 1.807) is 43.3 Å². The average molecular weight is 388 g/mol. The number of nitrogens with two attached hydrogens (primary N) is 1. The van der Waals surface area contributed by atoms with Gasteiger partial charge < -0.3 is 5.73 Å². The molecule has 4 N–H and O–H groups in total. The van der Waals surface area contributed by atoms with Crippen LogP contribution >= 0.6 is 0 Å². The van der Waals surface area contributed by atoms with Crippen LogP contribution in [0.25, 0.3) is 0 Å². The van der Waals surface area contributed by atoms with Gasteiger partial charge in [-0.15, -0.1) is 0 Å². The van der Waals surface area contributed by atoms with Gasteiger partial charge in [-0.2, -0.15) is 5.10 Å². The molecule has 0 bridgehead atoms. The first-order chi connectivity index (χ1) is 12.8. The number of anilines is 1. The summed E-state index contributed by atoms with van der Waals surface area (Å²) in [5.74, 6) is -0.353. The number of hydrazone groups is 1. The molecule has 0 aliphatic rings. The molecule has 0 radical (unpaired) electrons. The van der Waals surface area contributed by atoms with Gasteiger partial charge in [0.15, 0.2) is 0 Å². The number of nitrogen functional groups attached to an aromatic ring is 1. The number of hydrogen-bond acceptors (Lipinski definition) is 5. The predicted molar refractivity (Wildman–Crippen MR) is 107 cm³/mol. The molecule has 8 heteroatoms. The van der Waals surface area contributed by atoms with Gasteiger partial charge >= 0.3 is 0 Å². The fourth-order valence-electron chi connectivity index (χ4n) is 2.24. The van der Waals surface area contributed by atoms with Crippen LogP contribution in [0, 0.1) is 0 Å². The number of amides is 1. The topological polar surface area (TPSA) is 114 Å². The van der Waals surface area contributed by atoms with E-state index >= 15 is 0 Å². The quantitative estimate of drug-likeness (QED) is 0.279. The van der Waals surface area contributed by atoms with Gasteiger partial charge in [0, 0.05) is 17.8 Å². The second kappa shape index (κ2) is 9.29. The van der Waals surface area contributed by atoms with Crippen molar-refractivity contribution in [1.29, 1.82) is 0 Å². The smallest absolute Gasteiger partial charge is 0.271 e. The summed E-state index contributed by atoms with van der Waals surface area (Å²) in [5.41, 5.74) is 10.4. The van der Waals surface area contributed by atoms with Gasteiger partial charge in [0.05, 0.1) is 10.6 Å². The van der Waals surface area contributed by atoms with E-state index < -0.39 is 10.0 Å².